The van der Waals surface area contributed by atoms with Crippen LogP contribution in [0.25, 0.3) is 0 Å². The lowest BCUT2D eigenvalue weighted by molar-refractivity contribution is -0.118. The molecule has 1 unspecified atom stereocenters. The normalized spacial score (nSPS) is 18.3. The van der Waals surface area contributed by atoms with E-state index in [1.54, 1.807) is 0 Å². The number of benzene rings is 1. The van der Waals surface area contributed by atoms with E-state index in [9.17, 15) is 9.59 Å². The molecule has 2 rings (SSSR count). The highest BCUT2D eigenvalue weighted by molar-refractivity contribution is 6.31. The van der Waals surface area contributed by atoms with Crippen molar-refractivity contribution in [1.29, 1.82) is 0 Å². The molecule has 0 radical (unpaired) electrons. The number of carbonyl (C=O) groups excluding carboxylic acids is 1. The molecule has 1 fully saturated rings. The van der Waals surface area contributed by atoms with E-state index in [4.69, 9.17) is 21.4 Å². The van der Waals surface area contributed by atoms with Crippen molar-refractivity contribution < 1.29 is 19.4 Å². The number of carbonyl (C=O) groups is 2. The fourth-order valence-electron chi connectivity index (χ4n) is 2.02. The molecular weight excluding hydrogens is 270 g/mol. The summed E-state index contributed by atoms with van der Waals surface area (Å²) in [7, 11) is 0. The van der Waals surface area contributed by atoms with Gasteiger partial charge >= 0.3 is 5.97 Å². The summed E-state index contributed by atoms with van der Waals surface area (Å²) < 4.78 is 5.36. The van der Waals surface area contributed by atoms with E-state index < -0.39 is 5.97 Å². The average molecular weight is 284 g/mol. The van der Waals surface area contributed by atoms with Crippen LogP contribution in [0.3, 0.4) is 0 Å². The molecule has 5 nitrogen and oxygen atoms in total. The number of carboxylic acids is 1. The lowest BCUT2D eigenvalue weighted by Crippen LogP contribution is -2.20. The second-order valence-corrected chi connectivity index (χ2v) is 4.82. The first kappa shape index (κ1) is 13.8. The maximum atomic E-state index is 11.8. The molecule has 0 bridgehead atoms. The van der Waals surface area contributed by atoms with Gasteiger partial charge < -0.3 is 15.2 Å². The number of hydrogen-bond donors (Lipinski definition) is 2. The molecule has 0 spiro atoms. The van der Waals surface area contributed by atoms with E-state index in [1.165, 1.54) is 18.2 Å². The predicted octanol–water partition coefficient (Wildman–Crippen LogP) is 2.55. The van der Waals surface area contributed by atoms with Gasteiger partial charge in [-0.2, -0.15) is 0 Å². The van der Waals surface area contributed by atoms with E-state index in [1.807, 2.05) is 0 Å². The van der Waals surface area contributed by atoms with Gasteiger partial charge in [-0.1, -0.05) is 11.6 Å². The Morgan fingerprint density at radius 3 is 2.89 bits per heavy atom. The van der Waals surface area contributed by atoms with Crippen LogP contribution >= 0.6 is 11.6 Å². The number of aromatic carboxylic acids is 1. The highest BCUT2D eigenvalue weighted by atomic mass is 35.5. The topological polar surface area (TPSA) is 75.6 Å². The number of rotatable bonds is 4. The molecule has 1 amide bonds. The van der Waals surface area contributed by atoms with Crippen LogP contribution in [0.2, 0.25) is 5.02 Å². The fraction of sp³-hybridized carbons (Fsp3) is 0.385. The number of carboxylic acid groups (broad SMARTS) is 1. The zero-order valence-corrected chi connectivity index (χ0v) is 10.9. The van der Waals surface area contributed by atoms with Gasteiger partial charge in [0.15, 0.2) is 0 Å². The zero-order chi connectivity index (χ0) is 13.8. The van der Waals surface area contributed by atoms with Crippen molar-refractivity contribution in [2.24, 2.45) is 0 Å². The van der Waals surface area contributed by atoms with Crippen LogP contribution in [0.15, 0.2) is 18.2 Å². The number of anilines is 1. The predicted molar refractivity (Wildman–Crippen MR) is 70.6 cm³/mol. The Labute approximate surface area is 115 Å². The number of nitrogens with one attached hydrogen (secondary N) is 1. The van der Waals surface area contributed by atoms with Crippen molar-refractivity contribution in [3.05, 3.63) is 28.8 Å². The van der Waals surface area contributed by atoms with Crippen LogP contribution in [-0.4, -0.2) is 29.7 Å². The standard InChI is InChI=1S/C13H14ClNO4/c14-8-3-4-10(13(17)18)11(6-8)15-12(16)7-9-2-1-5-19-9/h3-4,6,9H,1-2,5,7H2,(H,15,16)(H,17,18). The van der Waals surface area contributed by atoms with Crippen molar-refractivity contribution >= 4 is 29.2 Å². The van der Waals surface area contributed by atoms with Gasteiger partial charge in [0.05, 0.1) is 23.8 Å². The van der Waals surface area contributed by atoms with Gasteiger partial charge in [-0.25, -0.2) is 4.79 Å². The smallest absolute Gasteiger partial charge is 0.337 e. The molecule has 1 aromatic carbocycles. The number of halogens is 1. The third-order valence-electron chi connectivity index (χ3n) is 2.92. The lowest BCUT2D eigenvalue weighted by atomic mass is 10.1. The van der Waals surface area contributed by atoms with Crippen LogP contribution in [-0.2, 0) is 9.53 Å². The van der Waals surface area contributed by atoms with Crippen molar-refractivity contribution in [1.82, 2.24) is 0 Å². The molecule has 1 aliphatic heterocycles. The monoisotopic (exact) mass is 283 g/mol. The summed E-state index contributed by atoms with van der Waals surface area (Å²) in [6.07, 6.45) is 1.96. The first-order chi connectivity index (χ1) is 9.06. The minimum absolute atomic E-state index is 0.0186. The van der Waals surface area contributed by atoms with Crippen LogP contribution in [0, 0.1) is 0 Å². The second-order valence-electron chi connectivity index (χ2n) is 4.38. The van der Waals surface area contributed by atoms with Crippen molar-refractivity contribution in [2.75, 3.05) is 11.9 Å². The Hall–Kier alpha value is -1.59. The van der Waals surface area contributed by atoms with Gasteiger partial charge in [-0.05, 0) is 31.0 Å². The SMILES string of the molecule is O=C(CC1CCCO1)Nc1cc(Cl)ccc1C(=O)O. The van der Waals surface area contributed by atoms with E-state index >= 15 is 0 Å². The summed E-state index contributed by atoms with van der Waals surface area (Å²) in [4.78, 5) is 22.9. The zero-order valence-electron chi connectivity index (χ0n) is 10.2. The molecule has 0 aromatic heterocycles. The molecule has 0 saturated carbocycles. The highest BCUT2D eigenvalue weighted by Gasteiger charge is 2.20. The quantitative estimate of drug-likeness (QED) is 0.890. The number of amides is 1. The summed E-state index contributed by atoms with van der Waals surface area (Å²) >= 11 is 5.81. The molecule has 19 heavy (non-hydrogen) atoms. The molecule has 1 aliphatic rings. The van der Waals surface area contributed by atoms with Gasteiger partial charge in [-0.3, -0.25) is 4.79 Å². The molecule has 0 aliphatic carbocycles. The average Bonchev–Trinajstić information content (AvgIpc) is 2.81. The van der Waals surface area contributed by atoms with Crippen molar-refractivity contribution in [3.8, 4) is 0 Å². The summed E-state index contributed by atoms with van der Waals surface area (Å²) in [6.45, 7) is 0.676. The van der Waals surface area contributed by atoms with Gasteiger partial charge in [0, 0.05) is 11.6 Å². The largest absolute Gasteiger partial charge is 0.478 e. The molecule has 1 heterocycles. The summed E-state index contributed by atoms with van der Waals surface area (Å²) in [6, 6.07) is 4.27. The summed E-state index contributed by atoms with van der Waals surface area (Å²) in [5.74, 6) is -1.37. The number of hydrogen-bond acceptors (Lipinski definition) is 3. The summed E-state index contributed by atoms with van der Waals surface area (Å²) in [5, 5.41) is 12.0. The highest BCUT2D eigenvalue weighted by Crippen LogP contribution is 2.22. The maximum Gasteiger partial charge on any atom is 0.337 e. The Morgan fingerprint density at radius 1 is 1.47 bits per heavy atom. The molecule has 2 N–H and O–H groups in total. The van der Waals surface area contributed by atoms with Crippen LogP contribution in [0.4, 0.5) is 5.69 Å². The Morgan fingerprint density at radius 2 is 2.26 bits per heavy atom. The summed E-state index contributed by atoms with van der Waals surface area (Å²) in [5.41, 5.74) is 0.230. The first-order valence-electron chi connectivity index (χ1n) is 6.00. The molecular formula is C13H14ClNO4. The van der Waals surface area contributed by atoms with Crippen LogP contribution in [0.5, 0.6) is 0 Å². The van der Waals surface area contributed by atoms with Crippen LogP contribution < -0.4 is 5.32 Å². The van der Waals surface area contributed by atoms with Crippen molar-refractivity contribution in [3.63, 3.8) is 0 Å². The molecule has 1 atom stereocenters. The second kappa shape index (κ2) is 6.04. The third kappa shape index (κ3) is 3.68. The van der Waals surface area contributed by atoms with E-state index in [0.29, 0.717) is 11.6 Å². The Kier molecular flexibility index (Phi) is 4.39. The lowest BCUT2D eigenvalue weighted by Gasteiger charge is -2.11. The molecule has 1 aromatic rings. The Balaban J connectivity index is 2.06. The van der Waals surface area contributed by atoms with Gasteiger partial charge in [0.1, 0.15) is 0 Å². The number of ether oxygens (including phenoxy) is 1. The molecule has 102 valence electrons. The minimum Gasteiger partial charge on any atom is -0.478 e. The molecule has 1 saturated heterocycles. The van der Waals surface area contributed by atoms with Crippen LogP contribution in [0.1, 0.15) is 29.6 Å². The maximum absolute atomic E-state index is 11.8. The first-order valence-corrected chi connectivity index (χ1v) is 6.38. The van der Waals surface area contributed by atoms with Gasteiger partial charge in [0.2, 0.25) is 5.91 Å². The molecule has 6 heteroatoms. The van der Waals surface area contributed by atoms with Crippen molar-refractivity contribution in [2.45, 2.75) is 25.4 Å². The van der Waals surface area contributed by atoms with E-state index in [-0.39, 0.29) is 29.7 Å². The van der Waals surface area contributed by atoms with Gasteiger partial charge in [-0.15, -0.1) is 0 Å². The third-order valence-corrected chi connectivity index (χ3v) is 3.16. The van der Waals surface area contributed by atoms with Gasteiger partial charge in [0.25, 0.3) is 0 Å². The van der Waals surface area contributed by atoms with E-state index in [0.717, 1.165) is 12.8 Å². The van der Waals surface area contributed by atoms with E-state index in [2.05, 4.69) is 5.32 Å². The Bertz CT molecular complexity index is 497. The minimum atomic E-state index is -1.11. The fourth-order valence-corrected chi connectivity index (χ4v) is 2.19.